The van der Waals surface area contributed by atoms with Gasteiger partial charge in [0, 0.05) is 31.3 Å². The third-order valence-electron chi connectivity index (χ3n) is 8.10. The lowest BCUT2D eigenvalue weighted by Crippen LogP contribution is -2.35. The van der Waals surface area contributed by atoms with Crippen LogP contribution in [0, 0.1) is 5.92 Å². The summed E-state index contributed by atoms with van der Waals surface area (Å²) in [6.07, 6.45) is 1.59. The van der Waals surface area contributed by atoms with Gasteiger partial charge in [-0.05, 0) is 59.4 Å². The molecule has 5 rings (SSSR count). The highest BCUT2D eigenvalue weighted by Crippen LogP contribution is 2.47. The smallest absolute Gasteiger partial charge is 0.309 e. The first-order valence-corrected chi connectivity index (χ1v) is 14.4. The van der Waals surface area contributed by atoms with Gasteiger partial charge in [0.2, 0.25) is 12.7 Å². The van der Waals surface area contributed by atoms with Gasteiger partial charge >= 0.3 is 5.97 Å². The Morgan fingerprint density at radius 2 is 1.64 bits per heavy atom. The minimum absolute atomic E-state index is 0.0444. The zero-order chi connectivity index (χ0) is 29.6. The first-order chi connectivity index (χ1) is 20.4. The number of aliphatic carboxylic acids is 1. The molecule has 2 aliphatic rings. The second-order valence-electron chi connectivity index (χ2n) is 10.6. The number of benzene rings is 3. The van der Waals surface area contributed by atoms with Gasteiger partial charge in [-0.3, -0.25) is 14.5 Å². The fourth-order valence-corrected chi connectivity index (χ4v) is 6.04. The summed E-state index contributed by atoms with van der Waals surface area (Å²) in [5.74, 6) is -0.358. The third kappa shape index (κ3) is 6.22. The minimum Gasteiger partial charge on any atom is -0.491 e. The van der Waals surface area contributed by atoms with Gasteiger partial charge < -0.3 is 29.4 Å². The molecule has 2 aliphatic heterocycles. The molecule has 1 fully saturated rings. The number of nitrogens with one attached hydrogen (secondary N) is 1. The van der Waals surface area contributed by atoms with Crippen molar-refractivity contribution in [2.45, 2.75) is 38.6 Å². The monoisotopic (exact) mass is 574 g/mol. The summed E-state index contributed by atoms with van der Waals surface area (Å²) in [5, 5.41) is 13.7. The quantitative estimate of drug-likeness (QED) is 0.290. The van der Waals surface area contributed by atoms with Crippen molar-refractivity contribution in [3.05, 3.63) is 82.9 Å². The van der Waals surface area contributed by atoms with Crippen molar-refractivity contribution in [1.29, 1.82) is 0 Å². The predicted octanol–water partition coefficient (Wildman–Crippen LogP) is 5.05. The van der Waals surface area contributed by atoms with E-state index >= 15 is 0 Å². The van der Waals surface area contributed by atoms with Gasteiger partial charge in [-0.15, -0.1) is 0 Å². The van der Waals surface area contributed by atoms with Crippen molar-refractivity contribution in [3.63, 3.8) is 0 Å². The largest absolute Gasteiger partial charge is 0.491 e. The summed E-state index contributed by atoms with van der Waals surface area (Å²) < 4.78 is 21.9. The highest BCUT2D eigenvalue weighted by Gasteiger charge is 2.48. The van der Waals surface area contributed by atoms with E-state index in [9.17, 15) is 14.7 Å². The minimum atomic E-state index is -0.921. The topological polar surface area (TPSA) is 107 Å². The van der Waals surface area contributed by atoms with E-state index in [0.29, 0.717) is 37.0 Å². The highest BCUT2D eigenvalue weighted by atomic mass is 16.7. The number of ether oxygens (including phenoxy) is 4. The molecule has 3 unspecified atom stereocenters. The molecule has 0 saturated carbocycles. The Morgan fingerprint density at radius 3 is 2.31 bits per heavy atom. The number of carboxylic acids is 1. The molecule has 0 radical (unpaired) electrons. The molecule has 2 heterocycles. The summed E-state index contributed by atoms with van der Waals surface area (Å²) in [4.78, 5) is 28.5. The number of hydrogen-bond acceptors (Lipinski definition) is 7. The Balaban J connectivity index is 1.46. The average molecular weight is 575 g/mol. The highest BCUT2D eigenvalue weighted by molar-refractivity contribution is 5.94. The fraction of sp³-hybridized carbons (Fsp3) is 0.394. The van der Waals surface area contributed by atoms with E-state index in [4.69, 9.17) is 18.9 Å². The molecule has 0 bridgehead atoms. The lowest BCUT2D eigenvalue weighted by molar-refractivity contribution is -0.143. The summed E-state index contributed by atoms with van der Waals surface area (Å²) in [6, 6.07) is 18.6. The maximum Gasteiger partial charge on any atom is 0.309 e. The number of anilines is 1. The number of likely N-dealkylation sites (tertiary alicyclic amines) is 1. The molecular formula is C33H38N2O7. The van der Waals surface area contributed by atoms with Crippen LogP contribution in [-0.4, -0.2) is 62.1 Å². The van der Waals surface area contributed by atoms with Gasteiger partial charge in [-0.2, -0.15) is 0 Å². The van der Waals surface area contributed by atoms with Gasteiger partial charge in [-0.25, -0.2) is 0 Å². The molecule has 0 aromatic heterocycles. The van der Waals surface area contributed by atoms with E-state index in [1.165, 1.54) is 0 Å². The lowest BCUT2D eigenvalue weighted by atomic mass is 9.82. The molecule has 3 aromatic carbocycles. The molecule has 42 heavy (non-hydrogen) atoms. The number of aryl methyl sites for hydroxylation is 2. The SMILES string of the molecule is CCc1cccc(CC)c1NC(=O)CN1CC(c2ccc3c(c2)OCO3)C(C(=O)O)C1c1ccc(OCCOC)cc1. The first kappa shape index (κ1) is 29.4. The van der Waals surface area contributed by atoms with E-state index in [-0.39, 0.29) is 25.2 Å². The van der Waals surface area contributed by atoms with E-state index in [2.05, 4.69) is 19.2 Å². The van der Waals surface area contributed by atoms with Crippen molar-refractivity contribution < 1.29 is 33.6 Å². The molecule has 2 N–H and O–H groups in total. The summed E-state index contributed by atoms with van der Waals surface area (Å²) >= 11 is 0. The number of rotatable bonds is 12. The molecule has 3 atom stereocenters. The van der Waals surface area contributed by atoms with Crippen LogP contribution < -0.4 is 19.5 Å². The second-order valence-corrected chi connectivity index (χ2v) is 10.6. The second kappa shape index (κ2) is 13.3. The van der Waals surface area contributed by atoms with E-state index < -0.39 is 17.9 Å². The number of carbonyl (C=O) groups is 2. The van der Waals surface area contributed by atoms with Crippen LogP contribution in [0.25, 0.3) is 0 Å². The van der Waals surface area contributed by atoms with Gasteiger partial charge in [0.15, 0.2) is 11.5 Å². The number of amides is 1. The van der Waals surface area contributed by atoms with E-state index in [1.807, 2.05) is 65.6 Å². The number of methoxy groups -OCH3 is 1. The van der Waals surface area contributed by atoms with Crippen molar-refractivity contribution in [3.8, 4) is 17.2 Å². The zero-order valence-electron chi connectivity index (χ0n) is 24.3. The standard InChI is InChI=1S/C33H38N2O7/c1-4-21-7-6-8-22(5-2)31(21)34-29(36)19-35-18-26(24-11-14-27-28(17-24)42-20-41-27)30(33(37)38)32(35)23-9-12-25(13-10-23)40-16-15-39-3/h6-14,17,26,30,32H,4-5,15-16,18-20H2,1-3H3,(H,34,36)(H,37,38). The molecule has 3 aromatic rings. The van der Waals surface area contributed by atoms with Crippen LogP contribution in [0.15, 0.2) is 60.7 Å². The summed E-state index contributed by atoms with van der Waals surface area (Å²) in [5.41, 5.74) is 4.64. The van der Waals surface area contributed by atoms with Crippen LogP contribution in [-0.2, 0) is 27.2 Å². The maximum absolute atomic E-state index is 13.6. The van der Waals surface area contributed by atoms with Crippen molar-refractivity contribution in [2.75, 3.05) is 45.5 Å². The van der Waals surface area contributed by atoms with Gasteiger partial charge in [0.05, 0.1) is 19.1 Å². The number of fused-ring (bicyclic) bond motifs is 1. The summed E-state index contributed by atoms with van der Waals surface area (Å²) in [7, 11) is 1.61. The predicted molar refractivity (Wildman–Crippen MR) is 158 cm³/mol. The van der Waals surface area contributed by atoms with Crippen LogP contribution in [0.4, 0.5) is 5.69 Å². The van der Waals surface area contributed by atoms with Crippen LogP contribution >= 0.6 is 0 Å². The number of hydrogen-bond donors (Lipinski definition) is 2. The number of carboxylic acid groups (broad SMARTS) is 1. The van der Waals surface area contributed by atoms with E-state index in [0.717, 1.165) is 40.8 Å². The van der Waals surface area contributed by atoms with E-state index in [1.54, 1.807) is 7.11 Å². The van der Waals surface area contributed by atoms with Gasteiger partial charge in [0.1, 0.15) is 12.4 Å². The average Bonchev–Trinajstić information content (AvgIpc) is 3.62. The third-order valence-corrected chi connectivity index (χ3v) is 8.10. The van der Waals surface area contributed by atoms with Crippen LogP contribution in [0.5, 0.6) is 17.2 Å². The number of carbonyl (C=O) groups excluding carboxylic acids is 1. The molecular weight excluding hydrogens is 536 g/mol. The zero-order valence-corrected chi connectivity index (χ0v) is 24.3. The van der Waals surface area contributed by atoms with Crippen LogP contribution in [0.3, 0.4) is 0 Å². The summed E-state index contributed by atoms with van der Waals surface area (Å²) in [6.45, 7) is 5.58. The number of nitrogens with zero attached hydrogens (tertiary/aromatic N) is 1. The van der Waals surface area contributed by atoms with Crippen molar-refractivity contribution >= 4 is 17.6 Å². The lowest BCUT2D eigenvalue weighted by Gasteiger charge is -2.27. The number of para-hydroxylation sites is 1. The molecule has 1 amide bonds. The van der Waals surface area contributed by atoms with Crippen molar-refractivity contribution in [1.82, 2.24) is 4.90 Å². The molecule has 0 aliphatic carbocycles. The fourth-order valence-electron chi connectivity index (χ4n) is 6.04. The molecule has 9 heteroatoms. The Labute approximate surface area is 246 Å². The van der Waals surface area contributed by atoms with Gasteiger partial charge in [0.25, 0.3) is 0 Å². The molecule has 0 spiro atoms. The van der Waals surface area contributed by atoms with Crippen LogP contribution in [0.2, 0.25) is 0 Å². The molecule has 9 nitrogen and oxygen atoms in total. The Morgan fingerprint density at radius 1 is 0.952 bits per heavy atom. The first-order valence-electron chi connectivity index (χ1n) is 14.4. The maximum atomic E-state index is 13.6. The van der Waals surface area contributed by atoms with Gasteiger partial charge in [-0.1, -0.05) is 50.2 Å². The van der Waals surface area contributed by atoms with Crippen molar-refractivity contribution in [2.24, 2.45) is 5.92 Å². The molecule has 1 saturated heterocycles. The Kier molecular flexibility index (Phi) is 9.29. The Bertz CT molecular complexity index is 1390. The molecule has 222 valence electrons. The Hall–Kier alpha value is -4.08. The normalized spacial score (nSPS) is 19.5. The van der Waals surface area contributed by atoms with Crippen LogP contribution in [0.1, 0.15) is 48.1 Å².